The summed E-state index contributed by atoms with van der Waals surface area (Å²) >= 11 is 1.59. The molecule has 0 radical (unpaired) electrons. The number of ether oxygens (including phenoxy) is 1. The molecule has 6 heteroatoms. The zero-order valence-electron chi connectivity index (χ0n) is 11.2. The van der Waals surface area contributed by atoms with Gasteiger partial charge in [-0.05, 0) is 30.7 Å². The van der Waals surface area contributed by atoms with Crippen LogP contribution in [0.5, 0.6) is 11.6 Å². The van der Waals surface area contributed by atoms with Crippen molar-refractivity contribution in [3.05, 3.63) is 47.1 Å². The lowest BCUT2D eigenvalue weighted by Gasteiger charge is -2.06. The predicted molar refractivity (Wildman–Crippen MR) is 80.0 cm³/mol. The number of rotatable bonds is 4. The number of fused-ring (bicyclic) bond motifs is 1. The van der Waals surface area contributed by atoms with Gasteiger partial charge in [-0.25, -0.2) is 9.97 Å². The molecular formula is C15H12N2O3S. The van der Waals surface area contributed by atoms with Crippen LogP contribution in [0, 0.1) is 6.92 Å². The van der Waals surface area contributed by atoms with E-state index in [9.17, 15) is 4.79 Å². The SMILES string of the molecule is Cc1cc2c(Oc3ccc(CC(=O)O)cc3)ncnc2s1. The molecule has 3 rings (SSSR count). The fourth-order valence-electron chi connectivity index (χ4n) is 2.00. The molecule has 2 aromatic heterocycles. The standard InChI is InChI=1S/C15H12N2O3S/c1-9-6-12-14(16-8-17-15(12)21-9)20-11-4-2-10(3-5-11)7-13(18)19/h2-6,8H,7H2,1H3,(H,18,19). The van der Waals surface area contributed by atoms with Gasteiger partial charge in [-0.3, -0.25) is 4.79 Å². The number of aliphatic carboxylic acids is 1. The topological polar surface area (TPSA) is 72.3 Å². The third-order valence-electron chi connectivity index (χ3n) is 2.91. The molecule has 0 bridgehead atoms. The van der Waals surface area contributed by atoms with Gasteiger partial charge in [0.2, 0.25) is 5.88 Å². The number of carbonyl (C=O) groups is 1. The van der Waals surface area contributed by atoms with Crippen molar-refractivity contribution in [2.24, 2.45) is 0 Å². The van der Waals surface area contributed by atoms with Crippen LogP contribution in [0.2, 0.25) is 0 Å². The summed E-state index contributed by atoms with van der Waals surface area (Å²) in [5.74, 6) is 0.276. The van der Waals surface area contributed by atoms with Crippen LogP contribution >= 0.6 is 11.3 Å². The van der Waals surface area contributed by atoms with E-state index < -0.39 is 5.97 Å². The van der Waals surface area contributed by atoms with Crippen molar-refractivity contribution in [1.82, 2.24) is 9.97 Å². The Morgan fingerprint density at radius 3 is 2.76 bits per heavy atom. The first kappa shape index (κ1) is 13.5. The van der Waals surface area contributed by atoms with E-state index in [-0.39, 0.29) is 6.42 Å². The number of carboxylic acids is 1. The Morgan fingerprint density at radius 2 is 2.05 bits per heavy atom. The first-order valence-electron chi connectivity index (χ1n) is 6.31. The second-order valence-electron chi connectivity index (χ2n) is 4.57. The second kappa shape index (κ2) is 5.49. The van der Waals surface area contributed by atoms with E-state index in [1.807, 2.05) is 13.0 Å². The molecule has 1 aromatic carbocycles. The molecule has 0 aliphatic heterocycles. The molecule has 0 atom stereocenters. The van der Waals surface area contributed by atoms with Crippen LogP contribution in [0.15, 0.2) is 36.7 Å². The monoisotopic (exact) mass is 300 g/mol. The van der Waals surface area contributed by atoms with Crippen molar-refractivity contribution in [2.45, 2.75) is 13.3 Å². The van der Waals surface area contributed by atoms with Gasteiger partial charge in [0.1, 0.15) is 16.9 Å². The van der Waals surface area contributed by atoms with Crippen molar-refractivity contribution >= 4 is 27.5 Å². The Morgan fingerprint density at radius 1 is 1.29 bits per heavy atom. The maximum atomic E-state index is 10.6. The van der Waals surface area contributed by atoms with Crippen LogP contribution in [-0.4, -0.2) is 21.0 Å². The maximum Gasteiger partial charge on any atom is 0.307 e. The number of thiophene rings is 1. The fourth-order valence-corrected chi connectivity index (χ4v) is 2.84. The molecule has 5 nitrogen and oxygen atoms in total. The summed E-state index contributed by atoms with van der Waals surface area (Å²) in [6.07, 6.45) is 1.48. The zero-order chi connectivity index (χ0) is 14.8. The highest BCUT2D eigenvalue weighted by atomic mass is 32.1. The van der Waals surface area contributed by atoms with E-state index in [4.69, 9.17) is 9.84 Å². The first-order valence-corrected chi connectivity index (χ1v) is 7.13. The molecule has 2 heterocycles. The average molecular weight is 300 g/mol. The third-order valence-corrected chi connectivity index (χ3v) is 3.87. The zero-order valence-corrected chi connectivity index (χ0v) is 12.1. The van der Waals surface area contributed by atoms with Crippen molar-refractivity contribution in [2.75, 3.05) is 0 Å². The molecule has 1 N–H and O–H groups in total. The van der Waals surface area contributed by atoms with Crippen molar-refractivity contribution < 1.29 is 14.6 Å². The van der Waals surface area contributed by atoms with E-state index in [1.165, 1.54) is 6.33 Å². The van der Waals surface area contributed by atoms with Gasteiger partial charge in [-0.1, -0.05) is 12.1 Å². The predicted octanol–water partition coefficient (Wildman–Crippen LogP) is 3.42. The van der Waals surface area contributed by atoms with Crippen LogP contribution in [0.4, 0.5) is 0 Å². The lowest BCUT2D eigenvalue weighted by atomic mass is 10.1. The first-order chi connectivity index (χ1) is 10.1. The van der Waals surface area contributed by atoms with Gasteiger partial charge in [0.25, 0.3) is 0 Å². The van der Waals surface area contributed by atoms with E-state index >= 15 is 0 Å². The summed E-state index contributed by atoms with van der Waals surface area (Å²) < 4.78 is 5.77. The number of aryl methyl sites for hydroxylation is 1. The molecule has 0 unspecified atom stereocenters. The van der Waals surface area contributed by atoms with Gasteiger partial charge in [-0.15, -0.1) is 11.3 Å². The minimum absolute atomic E-state index is 0.00174. The quantitative estimate of drug-likeness (QED) is 0.799. The third kappa shape index (κ3) is 3.00. The molecule has 0 aliphatic carbocycles. The number of nitrogens with zero attached hydrogens (tertiary/aromatic N) is 2. The number of benzene rings is 1. The highest BCUT2D eigenvalue weighted by Crippen LogP contribution is 2.31. The van der Waals surface area contributed by atoms with E-state index in [0.29, 0.717) is 11.6 Å². The summed E-state index contributed by atoms with van der Waals surface area (Å²) in [4.78, 5) is 21.1. The Hall–Kier alpha value is -2.47. The lowest BCUT2D eigenvalue weighted by Crippen LogP contribution is -1.99. The second-order valence-corrected chi connectivity index (χ2v) is 5.81. The van der Waals surface area contributed by atoms with Crippen LogP contribution in [0.1, 0.15) is 10.4 Å². The molecule has 21 heavy (non-hydrogen) atoms. The van der Waals surface area contributed by atoms with E-state index in [0.717, 1.165) is 20.7 Å². The minimum atomic E-state index is -0.852. The van der Waals surface area contributed by atoms with Crippen molar-refractivity contribution in [3.8, 4) is 11.6 Å². The molecule has 0 amide bonds. The summed E-state index contributed by atoms with van der Waals surface area (Å²) in [5, 5.41) is 9.63. The Labute approximate surface area is 124 Å². The van der Waals surface area contributed by atoms with Gasteiger partial charge in [0, 0.05) is 4.88 Å². The summed E-state index contributed by atoms with van der Waals surface area (Å²) in [6, 6.07) is 8.95. The fraction of sp³-hybridized carbons (Fsp3) is 0.133. The molecule has 0 fully saturated rings. The molecule has 0 spiro atoms. The van der Waals surface area contributed by atoms with Gasteiger partial charge in [0.05, 0.1) is 11.8 Å². The van der Waals surface area contributed by atoms with Crippen LogP contribution in [0.25, 0.3) is 10.2 Å². The number of aromatic nitrogens is 2. The molecule has 0 saturated carbocycles. The van der Waals surface area contributed by atoms with Crippen LogP contribution in [-0.2, 0) is 11.2 Å². The van der Waals surface area contributed by atoms with Gasteiger partial charge >= 0.3 is 5.97 Å². The minimum Gasteiger partial charge on any atom is -0.481 e. The Kier molecular flexibility index (Phi) is 3.53. The van der Waals surface area contributed by atoms with E-state index in [1.54, 1.807) is 35.6 Å². The normalized spacial score (nSPS) is 10.7. The van der Waals surface area contributed by atoms with Gasteiger partial charge in [-0.2, -0.15) is 0 Å². The number of hydrogen-bond donors (Lipinski definition) is 1. The molecule has 3 aromatic rings. The smallest absolute Gasteiger partial charge is 0.307 e. The summed E-state index contributed by atoms with van der Waals surface area (Å²) in [7, 11) is 0. The molecule has 106 valence electrons. The highest BCUT2D eigenvalue weighted by Gasteiger charge is 2.09. The largest absolute Gasteiger partial charge is 0.481 e. The van der Waals surface area contributed by atoms with Crippen LogP contribution < -0.4 is 4.74 Å². The summed E-state index contributed by atoms with van der Waals surface area (Å²) in [6.45, 7) is 2.01. The van der Waals surface area contributed by atoms with Crippen LogP contribution in [0.3, 0.4) is 0 Å². The number of hydrogen-bond acceptors (Lipinski definition) is 5. The molecule has 0 aliphatic rings. The lowest BCUT2D eigenvalue weighted by molar-refractivity contribution is -0.136. The summed E-state index contributed by atoms with van der Waals surface area (Å²) in [5.41, 5.74) is 0.731. The van der Waals surface area contributed by atoms with Gasteiger partial charge in [0.15, 0.2) is 0 Å². The molecule has 0 saturated heterocycles. The highest BCUT2D eigenvalue weighted by molar-refractivity contribution is 7.18. The average Bonchev–Trinajstić information content (AvgIpc) is 2.82. The number of carboxylic acid groups (broad SMARTS) is 1. The van der Waals surface area contributed by atoms with Crippen molar-refractivity contribution in [1.29, 1.82) is 0 Å². The van der Waals surface area contributed by atoms with Crippen molar-refractivity contribution in [3.63, 3.8) is 0 Å². The molecular weight excluding hydrogens is 288 g/mol. The van der Waals surface area contributed by atoms with Gasteiger partial charge < -0.3 is 9.84 Å². The van der Waals surface area contributed by atoms with E-state index in [2.05, 4.69) is 9.97 Å². The maximum absolute atomic E-state index is 10.6. The Bertz CT molecular complexity index is 796. The Balaban J connectivity index is 1.86.